The summed E-state index contributed by atoms with van der Waals surface area (Å²) in [6.45, 7) is 3.04. The minimum absolute atomic E-state index is 0.156. The second-order valence-electron chi connectivity index (χ2n) is 6.48. The lowest BCUT2D eigenvalue weighted by Gasteiger charge is -2.28. The molecular formula is C16H24N2O4S. The fraction of sp³-hybridized carbons (Fsp3) is 0.625. The van der Waals surface area contributed by atoms with Gasteiger partial charge in [-0.2, -0.15) is 4.31 Å². The summed E-state index contributed by atoms with van der Waals surface area (Å²) >= 11 is 0. The van der Waals surface area contributed by atoms with E-state index in [-0.39, 0.29) is 11.4 Å². The van der Waals surface area contributed by atoms with Gasteiger partial charge in [-0.25, -0.2) is 8.42 Å². The molecule has 2 heterocycles. The van der Waals surface area contributed by atoms with Crippen molar-refractivity contribution in [1.82, 2.24) is 9.21 Å². The molecule has 0 aromatic heterocycles. The molecule has 3 rings (SSSR count). The van der Waals surface area contributed by atoms with Crippen molar-refractivity contribution in [1.29, 1.82) is 0 Å². The van der Waals surface area contributed by atoms with E-state index >= 15 is 0 Å². The zero-order valence-electron chi connectivity index (χ0n) is 13.4. The lowest BCUT2D eigenvalue weighted by Crippen LogP contribution is -2.45. The Kier molecular flexibility index (Phi) is 4.64. The summed E-state index contributed by atoms with van der Waals surface area (Å²) < 4.78 is 32.0. The molecule has 2 aliphatic rings. The summed E-state index contributed by atoms with van der Waals surface area (Å²) in [4.78, 5) is 2.43. The zero-order chi connectivity index (χ0) is 16.5. The van der Waals surface area contributed by atoms with Crippen LogP contribution in [0.15, 0.2) is 29.2 Å². The minimum atomic E-state index is -3.60. The molecule has 1 aromatic rings. The van der Waals surface area contributed by atoms with E-state index in [9.17, 15) is 13.5 Å². The third-order valence-electron chi connectivity index (χ3n) is 4.69. The molecule has 0 aliphatic carbocycles. The number of aliphatic hydroxyl groups is 1. The highest BCUT2D eigenvalue weighted by atomic mass is 32.2. The van der Waals surface area contributed by atoms with Crippen molar-refractivity contribution < 1.29 is 18.3 Å². The monoisotopic (exact) mass is 340 g/mol. The maximum absolute atomic E-state index is 12.8. The molecule has 2 fully saturated rings. The van der Waals surface area contributed by atoms with Gasteiger partial charge in [0.25, 0.3) is 0 Å². The lowest BCUT2D eigenvalue weighted by atomic mass is 10.0. The smallest absolute Gasteiger partial charge is 0.243 e. The molecule has 0 amide bonds. The second kappa shape index (κ2) is 6.39. The van der Waals surface area contributed by atoms with Crippen molar-refractivity contribution in [2.75, 3.05) is 39.8 Å². The number of sulfonamides is 1. The highest BCUT2D eigenvalue weighted by molar-refractivity contribution is 7.89. The Morgan fingerprint density at radius 1 is 1.26 bits per heavy atom. The van der Waals surface area contributed by atoms with E-state index in [4.69, 9.17) is 4.74 Å². The first-order valence-electron chi connectivity index (χ1n) is 8.02. The molecule has 23 heavy (non-hydrogen) atoms. The van der Waals surface area contributed by atoms with E-state index in [1.165, 1.54) is 17.5 Å². The van der Waals surface area contributed by atoms with Crippen LogP contribution in [-0.2, 0) is 10.0 Å². The predicted octanol–water partition coefficient (Wildman–Crippen LogP) is 0.916. The molecule has 0 saturated carbocycles. The summed E-state index contributed by atoms with van der Waals surface area (Å²) in [5, 5.41) is 10.8. The van der Waals surface area contributed by atoms with Crippen molar-refractivity contribution in [2.45, 2.75) is 29.8 Å². The van der Waals surface area contributed by atoms with Crippen LogP contribution in [0.2, 0.25) is 0 Å². The molecule has 0 spiro atoms. The summed E-state index contributed by atoms with van der Waals surface area (Å²) in [5.74, 6) is 0.512. The first-order chi connectivity index (χ1) is 10.9. The van der Waals surface area contributed by atoms with Crippen LogP contribution in [0, 0.1) is 0 Å². The van der Waals surface area contributed by atoms with Gasteiger partial charge in [-0.05, 0) is 44.5 Å². The summed E-state index contributed by atoms with van der Waals surface area (Å²) in [6.07, 6.45) is 2.79. The normalized spacial score (nSPS) is 26.7. The van der Waals surface area contributed by atoms with Crippen molar-refractivity contribution in [3.63, 3.8) is 0 Å². The highest BCUT2D eigenvalue weighted by Crippen LogP contribution is 2.30. The molecule has 1 N–H and O–H groups in total. The Hall–Kier alpha value is -1.15. The molecule has 2 aliphatic heterocycles. The van der Waals surface area contributed by atoms with Crippen LogP contribution in [0.4, 0.5) is 0 Å². The predicted molar refractivity (Wildman–Crippen MR) is 87.0 cm³/mol. The molecule has 128 valence electrons. The van der Waals surface area contributed by atoms with Gasteiger partial charge in [-0.1, -0.05) is 6.07 Å². The van der Waals surface area contributed by atoms with Gasteiger partial charge < -0.3 is 14.7 Å². The fourth-order valence-electron chi connectivity index (χ4n) is 3.42. The van der Waals surface area contributed by atoms with Crippen LogP contribution in [0.3, 0.4) is 0 Å². The number of hydrogen-bond acceptors (Lipinski definition) is 5. The Morgan fingerprint density at radius 2 is 2.00 bits per heavy atom. The Balaban J connectivity index is 1.73. The largest absolute Gasteiger partial charge is 0.497 e. The maximum atomic E-state index is 12.8. The van der Waals surface area contributed by atoms with E-state index in [2.05, 4.69) is 4.90 Å². The van der Waals surface area contributed by atoms with Crippen molar-refractivity contribution in [3.05, 3.63) is 24.3 Å². The van der Waals surface area contributed by atoms with Gasteiger partial charge in [0.2, 0.25) is 10.0 Å². The molecule has 1 aromatic carbocycles. The van der Waals surface area contributed by atoms with Crippen molar-refractivity contribution in [3.8, 4) is 5.75 Å². The second-order valence-corrected chi connectivity index (χ2v) is 8.41. The van der Waals surface area contributed by atoms with E-state index in [1.54, 1.807) is 18.2 Å². The number of benzene rings is 1. The van der Waals surface area contributed by atoms with Gasteiger partial charge >= 0.3 is 0 Å². The third-order valence-corrected chi connectivity index (χ3v) is 6.53. The van der Waals surface area contributed by atoms with Crippen LogP contribution in [0.1, 0.15) is 19.3 Å². The molecule has 0 bridgehead atoms. The van der Waals surface area contributed by atoms with Crippen LogP contribution in [0.5, 0.6) is 5.75 Å². The van der Waals surface area contributed by atoms with Crippen LogP contribution >= 0.6 is 0 Å². The SMILES string of the molecule is COc1cccc(S(=O)(=O)N2CCC(O)(CN3CCCC3)C2)c1. The molecule has 6 nitrogen and oxygen atoms in total. The van der Waals surface area contributed by atoms with Gasteiger partial charge in [0.05, 0.1) is 17.6 Å². The van der Waals surface area contributed by atoms with E-state index in [1.807, 2.05) is 0 Å². The summed E-state index contributed by atoms with van der Waals surface area (Å²) in [6, 6.07) is 6.47. The number of hydrogen-bond donors (Lipinski definition) is 1. The zero-order valence-corrected chi connectivity index (χ0v) is 14.3. The topological polar surface area (TPSA) is 70.1 Å². The van der Waals surface area contributed by atoms with Crippen molar-refractivity contribution >= 4 is 10.0 Å². The quantitative estimate of drug-likeness (QED) is 0.863. The van der Waals surface area contributed by atoms with Gasteiger partial charge in [0.1, 0.15) is 5.75 Å². The van der Waals surface area contributed by atoms with Gasteiger partial charge in [-0.15, -0.1) is 0 Å². The van der Waals surface area contributed by atoms with E-state index in [0.717, 1.165) is 25.9 Å². The number of ether oxygens (including phenoxy) is 1. The Morgan fingerprint density at radius 3 is 2.70 bits per heavy atom. The summed E-state index contributed by atoms with van der Waals surface area (Å²) in [5.41, 5.74) is -0.948. The van der Waals surface area contributed by atoms with Gasteiger partial charge in [-0.3, -0.25) is 0 Å². The average Bonchev–Trinajstić information content (AvgIpc) is 3.17. The first kappa shape index (κ1) is 16.7. The van der Waals surface area contributed by atoms with Crippen molar-refractivity contribution in [2.24, 2.45) is 0 Å². The van der Waals surface area contributed by atoms with Crippen LogP contribution < -0.4 is 4.74 Å². The number of likely N-dealkylation sites (tertiary alicyclic amines) is 1. The fourth-order valence-corrected chi connectivity index (χ4v) is 4.98. The molecule has 0 radical (unpaired) electrons. The minimum Gasteiger partial charge on any atom is -0.497 e. The highest BCUT2D eigenvalue weighted by Gasteiger charge is 2.42. The van der Waals surface area contributed by atoms with Crippen LogP contribution in [0.25, 0.3) is 0 Å². The van der Waals surface area contributed by atoms with Gasteiger partial charge in [0.15, 0.2) is 0 Å². The number of nitrogens with zero attached hydrogens (tertiary/aromatic N) is 2. The average molecular weight is 340 g/mol. The molecule has 1 atom stereocenters. The van der Waals surface area contributed by atoms with E-state index < -0.39 is 15.6 Å². The Labute approximate surface area is 137 Å². The molecule has 7 heteroatoms. The number of β-amino-alcohol motifs (C(OH)–C–C–N with tert-alkyl or cyclic N) is 1. The maximum Gasteiger partial charge on any atom is 0.243 e. The Bertz CT molecular complexity index is 658. The standard InChI is InChI=1S/C16H24N2O4S/c1-22-14-5-4-6-15(11-14)23(20,21)18-10-7-16(19,13-18)12-17-8-2-3-9-17/h4-6,11,19H,2-3,7-10,12-13H2,1H3. The summed E-state index contributed by atoms with van der Waals surface area (Å²) in [7, 11) is -2.09. The van der Waals surface area contributed by atoms with Crippen LogP contribution in [-0.4, -0.2) is 68.2 Å². The number of methoxy groups -OCH3 is 1. The lowest BCUT2D eigenvalue weighted by molar-refractivity contribution is 0.0232. The molecule has 2 saturated heterocycles. The molecule has 1 unspecified atom stereocenters. The first-order valence-corrected chi connectivity index (χ1v) is 9.46. The van der Waals surface area contributed by atoms with Gasteiger partial charge in [0, 0.05) is 25.7 Å². The van der Waals surface area contributed by atoms with E-state index in [0.29, 0.717) is 25.3 Å². The third kappa shape index (κ3) is 3.52. The number of rotatable bonds is 5. The molecular weight excluding hydrogens is 316 g/mol.